The minimum Gasteiger partial charge on any atom is -0.348 e. The Bertz CT molecular complexity index is 387. The fourth-order valence-electron chi connectivity index (χ4n) is 1.13. The summed E-state index contributed by atoms with van der Waals surface area (Å²) in [6.45, 7) is 3.95. The zero-order chi connectivity index (χ0) is 12.9. The Hall–Kier alpha value is -1.40. The van der Waals surface area contributed by atoms with Crippen molar-refractivity contribution in [2.45, 2.75) is 19.4 Å². The third-order valence-corrected chi connectivity index (χ3v) is 3.01. The minimum atomic E-state index is -0.454. The van der Waals surface area contributed by atoms with E-state index in [-0.39, 0.29) is 18.4 Å². The van der Waals surface area contributed by atoms with Crippen LogP contribution in [-0.4, -0.2) is 30.4 Å². The van der Waals surface area contributed by atoms with Crippen LogP contribution in [-0.2, 0) is 4.79 Å². The van der Waals surface area contributed by atoms with E-state index in [1.165, 1.54) is 11.3 Å². The Kier molecular flexibility index (Phi) is 4.65. The van der Waals surface area contributed by atoms with Crippen LogP contribution in [0.15, 0.2) is 17.5 Å². The lowest BCUT2D eigenvalue weighted by Crippen LogP contribution is -2.51. The summed E-state index contributed by atoms with van der Waals surface area (Å²) in [5, 5.41) is 7.09. The summed E-state index contributed by atoms with van der Waals surface area (Å²) < 4.78 is 0. The number of nitrogens with one attached hydrogen (secondary N) is 2. The van der Waals surface area contributed by atoms with Crippen LogP contribution < -0.4 is 16.4 Å². The Labute approximate surface area is 104 Å². The van der Waals surface area contributed by atoms with Crippen LogP contribution in [0.5, 0.6) is 0 Å². The zero-order valence-electron chi connectivity index (χ0n) is 9.95. The van der Waals surface area contributed by atoms with Gasteiger partial charge in [0.25, 0.3) is 5.91 Å². The molecule has 6 heteroatoms. The van der Waals surface area contributed by atoms with E-state index in [0.29, 0.717) is 11.4 Å². The molecule has 1 rings (SSSR count). The molecular formula is C11H17N3O2S. The van der Waals surface area contributed by atoms with Crippen molar-refractivity contribution in [1.82, 2.24) is 10.6 Å². The predicted octanol–water partition coefficient (Wildman–Crippen LogP) is 0.331. The smallest absolute Gasteiger partial charge is 0.261 e. The average Bonchev–Trinajstić information content (AvgIpc) is 2.78. The van der Waals surface area contributed by atoms with Crippen molar-refractivity contribution >= 4 is 23.2 Å². The van der Waals surface area contributed by atoms with Gasteiger partial charge in [-0.05, 0) is 25.3 Å². The van der Waals surface area contributed by atoms with E-state index in [1.54, 1.807) is 12.1 Å². The maximum atomic E-state index is 11.5. The maximum absolute atomic E-state index is 11.5. The third kappa shape index (κ3) is 4.54. The molecule has 1 aromatic heterocycles. The van der Waals surface area contributed by atoms with Gasteiger partial charge >= 0.3 is 0 Å². The van der Waals surface area contributed by atoms with E-state index in [4.69, 9.17) is 5.73 Å². The van der Waals surface area contributed by atoms with Crippen molar-refractivity contribution in [2.24, 2.45) is 5.73 Å². The Morgan fingerprint density at radius 1 is 1.47 bits per heavy atom. The summed E-state index contributed by atoms with van der Waals surface area (Å²) in [6, 6.07) is 3.50. The highest BCUT2D eigenvalue weighted by molar-refractivity contribution is 7.12. The van der Waals surface area contributed by atoms with Crippen LogP contribution in [0.25, 0.3) is 0 Å². The molecule has 0 fully saturated rings. The van der Waals surface area contributed by atoms with E-state index in [9.17, 15) is 9.59 Å². The molecule has 1 aromatic rings. The molecule has 0 spiro atoms. The molecule has 0 radical (unpaired) electrons. The molecule has 4 N–H and O–H groups in total. The predicted molar refractivity (Wildman–Crippen MR) is 67.9 cm³/mol. The molecular weight excluding hydrogens is 238 g/mol. The molecule has 0 aliphatic heterocycles. The minimum absolute atomic E-state index is 0.0415. The lowest BCUT2D eigenvalue weighted by atomic mass is 10.1. The summed E-state index contributed by atoms with van der Waals surface area (Å²) >= 11 is 1.34. The summed E-state index contributed by atoms with van der Waals surface area (Å²) in [6.07, 6.45) is 0. The van der Waals surface area contributed by atoms with Crippen molar-refractivity contribution in [3.63, 3.8) is 0 Å². The first-order valence-corrected chi connectivity index (χ1v) is 6.15. The van der Waals surface area contributed by atoms with Crippen molar-refractivity contribution in [3.8, 4) is 0 Å². The summed E-state index contributed by atoms with van der Waals surface area (Å²) in [7, 11) is 0. The van der Waals surface area contributed by atoms with Gasteiger partial charge in [0, 0.05) is 12.1 Å². The highest BCUT2D eigenvalue weighted by Gasteiger charge is 2.18. The number of carbonyl (C=O) groups is 2. The molecule has 5 nitrogen and oxygen atoms in total. The number of nitrogens with two attached hydrogens (primary N) is 1. The summed E-state index contributed by atoms with van der Waals surface area (Å²) in [5.74, 6) is -0.480. The van der Waals surface area contributed by atoms with Gasteiger partial charge in [0.1, 0.15) is 0 Å². The fourth-order valence-corrected chi connectivity index (χ4v) is 1.77. The highest BCUT2D eigenvalue weighted by Crippen LogP contribution is 2.07. The van der Waals surface area contributed by atoms with Crippen LogP contribution in [0.3, 0.4) is 0 Å². The molecule has 0 aromatic carbocycles. The summed E-state index contributed by atoms with van der Waals surface area (Å²) in [4.78, 5) is 23.6. The lowest BCUT2D eigenvalue weighted by Gasteiger charge is -2.24. The van der Waals surface area contributed by atoms with Crippen molar-refractivity contribution in [3.05, 3.63) is 22.4 Å². The maximum Gasteiger partial charge on any atom is 0.261 e. The quantitative estimate of drug-likeness (QED) is 0.709. The second-order valence-electron chi connectivity index (χ2n) is 4.30. The van der Waals surface area contributed by atoms with E-state index in [1.807, 2.05) is 19.2 Å². The molecule has 0 aliphatic carbocycles. The monoisotopic (exact) mass is 255 g/mol. The number of hydrogen-bond donors (Lipinski definition) is 3. The molecule has 0 bridgehead atoms. The molecule has 0 unspecified atom stereocenters. The van der Waals surface area contributed by atoms with Crippen LogP contribution in [0, 0.1) is 0 Å². The number of carbonyl (C=O) groups excluding carboxylic acids is 2. The Morgan fingerprint density at radius 2 is 2.18 bits per heavy atom. The molecule has 94 valence electrons. The first-order chi connectivity index (χ1) is 7.94. The first-order valence-electron chi connectivity index (χ1n) is 5.27. The standard InChI is InChI=1S/C11H17N3O2S/c1-11(2,7-12)14-9(15)6-13-10(16)8-4-3-5-17-8/h3-5H,6-7,12H2,1-2H3,(H,13,16)(H,14,15). The SMILES string of the molecule is CC(C)(CN)NC(=O)CNC(=O)c1cccs1. The van der Waals surface area contributed by atoms with Gasteiger partial charge < -0.3 is 16.4 Å². The third-order valence-electron chi connectivity index (χ3n) is 2.14. The van der Waals surface area contributed by atoms with Gasteiger partial charge in [0.2, 0.25) is 5.91 Å². The Balaban J connectivity index is 2.36. The normalized spacial score (nSPS) is 11.0. The second-order valence-corrected chi connectivity index (χ2v) is 5.24. The van der Waals surface area contributed by atoms with Crippen molar-refractivity contribution in [2.75, 3.05) is 13.1 Å². The Morgan fingerprint density at radius 3 is 2.71 bits per heavy atom. The number of hydrogen-bond acceptors (Lipinski definition) is 4. The van der Waals surface area contributed by atoms with E-state index in [2.05, 4.69) is 10.6 Å². The van der Waals surface area contributed by atoms with Gasteiger partial charge in [-0.25, -0.2) is 0 Å². The average molecular weight is 255 g/mol. The van der Waals surface area contributed by atoms with E-state index in [0.717, 1.165) is 0 Å². The summed E-state index contributed by atoms with van der Waals surface area (Å²) in [5.41, 5.74) is 5.03. The van der Waals surface area contributed by atoms with Crippen molar-refractivity contribution in [1.29, 1.82) is 0 Å². The fraction of sp³-hybridized carbons (Fsp3) is 0.455. The number of amides is 2. The van der Waals surface area contributed by atoms with Gasteiger partial charge in [0.05, 0.1) is 11.4 Å². The van der Waals surface area contributed by atoms with Gasteiger partial charge in [-0.2, -0.15) is 0 Å². The largest absolute Gasteiger partial charge is 0.348 e. The van der Waals surface area contributed by atoms with Crippen molar-refractivity contribution < 1.29 is 9.59 Å². The van der Waals surface area contributed by atoms with Crippen LogP contribution in [0.2, 0.25) is 0 Å². The van der Waals surface area contributed by atoms with Gasteiger partial charge in [-0.1, -0.05) is 6.07 Å². The van der Waals surface area contributed by atoms with Crippen LogP contribution in [0.1, 0.15) is 23.5 Å². The highest BCUT2D eigenvalue weighted by atomic mass is 32.1. The van der Waals surface area contributed by atoms with E-state index < -0.39 is 5.54 Å². The molecule has 1 heterocycles. The van der Waals surface area contributed by atoms with Gasteiger partial charge in [-0.3, -0.25) is 9.59 Å². The molecule has 2 amide bonds. The molecule has 0 saturated carbocycles. The molecule has 0 saturated heterocycles. The molecule has 17 heavy (non-hydrogen) atoms. The first kappa shape index (κ1) is 13.7. The topological polar surface area (TPSA) is 84.2 Å². The molecule has 0 aliphatic rings. The zero-order valence-corrected chi connectivity index (χ0v) is 10.8. The number of thiophene rings is 1. The number of rotatable bonds is 5. The lowest BCUT2D eigenvalue weighted by molar-refractivity contribution is -0.121. The molecule has 0 atom stereocenters. The second kappa shape index (κ2) is 5.79. The van der Waals surface area contributed by atoms with Gasteiger partial charge in [0.15, 0.2) is 0 Å². The van der Waals surface area contributed by atoms with E-state index >= 15 is 0 Å². The van der Waals surface area contributed by atoms with Crippen LogP contribution >= 0.6 is 11.3 Å². The van der Waals surface area contributed by atoms with Gasteiger partial charge in [-0.15, -0.1) is 11.3 Å². The van der Waals surface area contributed by atoms with Crippen LogP contribution in [0.4, 0.5) is 0 Å².